The average Bonchev–Trinajstić information content (AvgIpc) is 1.69. The molecule has 0 fully saturated rings. The van der Waals surface area contributed by atoms with Crippen molar-refractivity contribution in [3.05, 3.63) is 392 Å². The van der Waals surface area contributed by atoms with E-state index in [1.165, 1.54) is 34.6 Å². The minimum atomic E-state index is -0.889. The normalized spacial score (nSPS) is 12.3. The van der Waals surface area contributed by atoms with E-state index in [0.29, 0.717) is 55.7 Å². The summed E-state index contributed by atoms with van der Waals surface area (Å²) < 4.78 is 35.5. The van der Waals surface area contributed by atoms with Gasteiger partial charge in [-0.2, -0.15) is 13.1 Å². The van der Waals surface area contributed by atoms with E-state index in [-0.39, 0.29) is 0 Å². The van der Waals surface area contributed by atoms with E-state index in [1.807, 2.05) is 312 Å². The van der Waals surface area contributed by atoms with Crippen molar-refractivity contribution in [2.24, 2.45) is 0 Å². The molecule has 12 aromatic carbocycles. The van der Waals surface area contributed by atoms with Crippen molar-refractivity contribution in [3.8, 4) is 64.7 Å². The zero-order valence-corrected chi connectivity index (χ0v) is 71.9. The molecule has 3 unspecified atom stereocenters. The molecule has 3 aromatic heterocycles. The third-order valence-corrected chi connectivity index (χ3v) is 24.3. The SMILES string of the molecule is Cc1nsc(-c2ccc(-c3ccc(C(C(=O)O)c4ccccc4)cc3)cc2)c1NC(=O)O[C@H](C)c1ccccc1Cl.Cc1nsc(-c2ccc(-c3ccc(C(C(=O)O)c4ccccc4)cc3)cc2)c1NC(=O)O[C@H](C)c1ccccc1Cl.Cc1nsc(-c2ccc(-c3ccc(C(OC=O)c4ccccc4)cc3)cc2)c1NC(=O)O[C@H](C)c1ccccc1Cl. The van der Waals surface area contributed by atoms with Crippen molar-refractivity contribution < 1.29 is 57.9 Å². The number of carbonyl (C=O) groups is 6. The molecule has 0 aliphatic rings. The molecule has 3 heterocycles. The number of carbonyl (C=O) groups excluding carboxylic acids is 4. The molecule has 0 bridgehead atoms. The van der Waals surface area contributed by atoms with Crippen LogP contribution in [0.4, 0.5) is 31.4 Å². The first-order chi connectivity index (χ1) is 59.6. The lowest BCUT2D eigenvalue weighted by Crippen LogP contribution is -2.16. The van der Waals surface area contributed by atoms with Gasteiger partial charge in [-0.1, -0.05) is 326 Å². The van der Waals surface area contributed by atoms with Crippen molar-refractivity contribution in [2.45, 2.75) is 77.8 Å². The lowest BCUT2D eigenvalue weighted by atomic mass is 9.90. The van der Waals surface area contributed by atoms with Crippen LogP contribution in [0.5, 0.6) is 0 Å². The van der Waals surface area contributed by atoms with Gasteiger partial charge < -0.3 is 29.2 Å². The van der Waals surface area contributed by atoms with Gasteiger partial charge in [0.15, 0.2) is 6.10 Å². The first kappa shape index (κ1) is 87.4. The lowest BCUT2D eigenvalue weighted by Gasteiger charge is -2.16. The van der Waals surface area contributed by atoms with Gasteiger partial charge in [0.1, 0.15) is 30.1 Å². The van der Waals surface area contributed by atoms with Gasteiger partial charge in [0.2, 0.25) is 0 Å². The van der Waals surface area contributed by atoms with Crippen LogP contribution in [-0.4, -0.2) is 60.0 Å². The molecule has 0 spiro atoms. The maximum Gasteiger partial charge on any atom is 0.412 e. The molecule has 15 aromatic rings. The van der Waals surface area contributed by atoms with Crippen molar-refractivity contribution >= 4 is 123 Å². The Balaban J connectivity index is 0.000000159. The van der Waals surface area contributed by atoms with Crippen LogP contribution in [0.3, 0.4) is 0 Å². The Morgan fingerprint density at radius 2 is 0.537 bits per heavy atom. The van der Waals surface area contributed by atoms with E-state index in [0.717, 1.165) is 115 Å². The number of rotatable bonds is 25. The fraction of sp³-hybridized carbons (Fsp3) is 0.121. The van der Waals surface area contributed by atoms with E-state index < -0.39 is 66.5 Å². The van der Waals surface area contributed by atoms with E-state index in [2.05, 4.69) is 29.1 Å². The topological polar surface area (TPSA) is 255 Å². The highest BCUT2D eigenvalue weighted by Crippen LogP contribution is 2.42. The monoisotopic (exact) mass is 1750 g/mol. The Bertz CT molecular complexity index is 5910. The molecule has 0 saturated heterocycles. The van der Waals surface area contributed by atoms with Crippen LogP contribution in [0.2, 0.25) is 15.1 Å². The maximum atomic E-state index is 12.8. The number of halogens is 3. The molecule has 0 saturated carbocycles. The molecule has 3 amide bonds. The number of carboxylic acid groups (broad SMARTS) is 2. The molecule has 0 aliphatic heterocycles. The number of amides is 3. The van der Waals surface area contributed by atoms with Crippen LogP contribution in [0.1, 0.15) is 124 Å². The highest BCUT2D eigenvalue weighted by molar-refractivity contribution is 7.11. The van der Waals surface area contributed by atoms with E-state index in [9.17, 15) is 39.0 Å². The van der Waals surface area contributed by atoms with Gasteiger partial charge in [0.05, 0.1) is 48.8 Å². The second-order valence-electron chi connectivity index (χ2n) is 28.5. The standard InChI is InChI=1S/3C33H27ClN2O4S/c1-21-30(35-33(38)40-22(2)28-10-6-7-11-29(28)34)32(41-36-21)27-18-14-24(15-19-27)23-12-16-26(17-13-23)31(39-20-37)25-8-4-3-5-9-25;2*1-20-30(35-33(39)40-21(2)27-10-6-7-11-28(27)34)31(41-36-20)26-18-14-23(15-19-26)22-12-16-25(17-13-22)29(32(37)38)24-8-4-3-5-9-24/h3-20,22,31H,1-2H3,(H,35,38);2*3-19,21,29H,1-2H3,(H,35,39)(H,37,38)/t22-,31?;2*21-,29?/m111/s1. The number of anilines is 3. The molecule has 123 heavy (non-hydrogen) atoms. The van der Waals surface area contributed by atoms with Gasteiger partial charge in [-0.15, -0.1) is 0 Å². The number of ether oxygens (including phenoxy) is 4. The molecule has 0 aliphatic carbocycles. The quantitative estimate of drug-likeness (QED) is 0.0263. The number of aromatic nitrogens is 3. The molecule has 15 rings (SSSR count). The number of aryl methyl sites for hydroxylation is 3. The highest BCUT2D eigenvalue weighted by atomic mass is 35.5. The summed E-state index contributed by atoms with van der Waals surface area (Å²) in [4.78, 5) is 75.9. The number of hydrogen-bond acceptors (Lipinski definition) is 16. The van der Waals surface area contributed by atoms with Gasteiger partial charge in [-0.05, 0) is 178 Å². The van der Waals surface area contributed by atoms with Crippen LogP contribution in [0.25, 0.3) is 64.7 Å². The Morgan fingerprint density at radius 3 is 0.797 bits per heavy atom. The summed E-state index contributed by atoms with van der Waals surface area (Å²) in [5.41, 5.74) is 19.5. The molecular formula is C99H81Cl3N6O12S3. The van der Waals surface area contributed by atoms with E-state index >= 15 is 0 Å². The zero-order chi connectivity index (χ0) is 86.6. The zero-order valence-electron chi connectivity index (χ0n) is 67.2. The average molecular weight is 1750 g/mol. The lowest BCUT2D eigenvalue weighted by molar-refractivity contribution is -0.138. The van der Waals surface area contributed by atoms with Crippen LogP contribution in [0.15, 0.2) is 309 Å². The maximum absolute atomic E-state index is 12.8. The fourth-order valence-electron chi connectivity index (χ4n) is 13.9. The Labute approximate surface area is 738 Å². The minimum Gasteiger partial charge on any atom is -0.481 e. The number of carboxylic acids is 2. The smallest absolute Gasteiger partial charge is 0.412 e. The van der Waals surface area contributed by atoms with Crippen molar-refractivity contribution in [2.75, 3.05) is 16.0 Å². The van der Waals surface area contributed by atoms with Crippen LogP contribution < -0.4 is 16.0 Å². The second kappa shape index (κ2) is 41.3. The summed E-state index contributed by atoms with van der Waals surface area (Å²) in [5.74, 6) is -3.24. The predicted molar refractivity (Wildman–Crippen MR) is 490 cm³/mol. The summed E-state index contributed by atoms with van der Waals surface area (Å²) in [6.07, 6.45) is -3.79. The summed E-state index contributed by atoms with van der Waals surface area (Å²) in [7, 11) is 0. The van der Waals surface area contributed by atoms with Crippen molar-refractivity contribution in [1.29, 1.82) is 0 Å². The van der Waals surface area contributed by atoms with Gasteiger partial charge in [0.25, 0.3) is 6.47 Å². The minimum absolute atomic E-state index is 0.468. The molecular weight excluding hydrogens is 1670 g/mol. The van der Waals surface area contributed by atoms with E-state index in [4.69, 9.17) is 53.8 Å². The van der Waals surface area contributed by atoms with Crippen molar-refractivity contribution in [3.63, 3.8) is 0 Å². The molecule has 24 heteroatoms. The van der Waals surface area contributed by atoms with Crippen LogP contribution in [0, 0.1) is 20.8 Å². The first-order valence-electron chi connectivity index (χ1n) is 38.9. The third kappa shape index (κ3) is 21.9. The van der Waals surface area contributed by atoms with Crippen LogP contribution >= 0.6 is 69.4 Å². The number of benzene rings is 12. The second-order valence-corrected chi connectivity index (χ2v) is 32.0. The summed E-state index contributed by atoms with van der Waals surface area (Å²) in [6, 6.07) is 96.9. The molecule has 18 nitrogen and oxygen atoms in total. The molecule has 5 N–H and O–H groups in total. The summed E-state index contributed by atoms with van der Waals surface area (Å²) >= 11 is 22.7. The largest absolute Gasteiger partial charge is 0.481 e. The van der Waals surface area contributed by atoms with Crippen LogP contribution in [-0.2, 0) is 33.3 Å². The Hall–Kier alpha value is -13.4. The first-order valence-corrected chi connectivity index (χ1v) is 42.4. The predicted octanol–water partition coefficient (Wildman–Crippen LogP) is 26.9. The Kier molecular flexibility index (Phi) is 29.3. The summed E-state index contributed by atoms with van der Waals surface area (Å²) in [5, 5.41) is 29.9. The molecule has 6 atom stereocenters. The van der Waals surface area contributed by atoms with Gasteiger partial charge >= 0.3 is 30.2 Å². The number of nitrogens with one attached hydrogen (secondary N) is 3. The Morgan fingerprint density at radius 1 is 0.317 bits per heavy atom. The fourth-order valence-corrected chi connectivity index (χ4v) is 17.4. The molecule has 618 valence electrons. The summed E-state index contributed by atoms with van der Waals surface area (Å²) in [6.45, 7) is 11.3. The van der Waals surface area contributed by atoms with Gasteiger partial charge in [0, 0.05) is 31.8 Å². The van der Waals surface area contributed by atoms with Crippen molar-refractivity contribution in [1.82, 2.24) is 13.1 Å². The van der Waals surface area contributed by atoms with E-state index in [1.54, 1.807) is 39.0 Å². The van der Waals surface area contributed by atoms with Gasteiger partial charge in [-0.25, -0.2) is 14.4 Å². The number of nitrogens with zero attached hydrogens (tertiary/aromatic N) is 3. The highest BCUT2D eigenvalue weighted by Gasteiger charge is 2.27. The number of hydrogen-bond donors (Lipinski definition) is 5. The molecule has 0 radical (unpaired) electrons. The number of aliphatic carboxylic acids is 2. The third-order valence-electron chi connectivity index (χ3n) is 20.3. The van der Waals surface area contributed by atoms with Gasteiger partial charge in [-0.3, -0.25) is 30.3 Å².